The van der Waals surface area contributed by atoms with Crippen LogP contribution in [-0.4, -0.2) is 9.97 Å². The average molecular weight is 229 g/mol. The molecule has 0 saturated carbocycles. The highest BCUT2D eigenvalue weighted by molar-refractivity contribution is 7.22. The largest absolute Gasteiger partial charge is 0.235 e. The lowest BCUT2D eigenvalue weighted by molar-refractivity contribution is 0.628. The second-order valence-corrected chi connectivity index (χ2v) is 4.37. The lowest BCUT2D eigenvalue weighted by Crippen LogP contribution is -1.74. The van der Waals surface area contributed by atoms with Crippen molar-refractivity contribution >= 4 is 21.6 Å². The van der Waals surface area contributed by atoms with Gasteiger partial charge in [-0.05, 0) is 23.8 Å². The van der Waals surface area contributed by atoms with Crippen LogP contribution in [0.3, 0.4) is 0 Å². The summed E-state index contributed by atoms with van der Waals surface area (Å²) >= 11 is 1.55. The molecule has 2 aromatic heterocycles. The number of fused-ring (bicyclic) bond motifs is 1. The van der Waals surface area contributed by atoms with E-state index in [1.807, 2.05) is 6.07 Å². The highest BCUT2D eigenvalue weighted by atomic mass is 32.1. The molecule has 0 N–H and O–H groups in total. The summed E-state index contributed by atoms with van der Waals surface area (Å²) in [5.74, 6) is -0.226. The summed E-state index contributed by atoms with van der Waals surface area (Å²) in [5, 5.41) is 0. The Balaban J connectivity index is 2.15. The van der Waals surface area contributed by atoms with Crippen molar-refractivity contribution in [3.8, 4) is 10.4 Å². The van der Waals surface area contributed by atoms with Gasteiger partial charge in [-0.15, -0.1) is 11.3 Å². The average Bonchev–Trinajstić information content (AvgIpc) is 2.73. The second kappa shape index (κ2) is 3.64. The zero-order valence-corrected chi connectivity index (χ0v) is 8.96. The third-order valence-electron chi connectivity index (χ3n) is 2.26. The van der Waals surface area contributed by atoms with Crippen LogP contribution in [0, 0.1) is 12.0 Å². The van der Waals surface area contributed by atoms with Gasteiger partial charge in [0.05, 0.1) is 10.2 Å². The summed E-state index contributed by atoms with van der Waals surface area (Å²) in [6.07, 6.45) is 4.36. The molecule has 2 heterocycles. The summed E-state index contributed by atoms with van der Waals surface area (Å²) in [6.45, 7) is 0. The molecule has 0 spiro atoms. The number of benzene rings is 1. The Morgan fingerprint density at radius 3 is 2.75 bits per heavy atom. The molecule has 0 bridgehead atoms. The Morgan fingerprint density at radius 2 is 2.00 bits per heavy atom. The van der Waals surface area contributed by atoms with Gasteiger partial charge >= 0.3 is 0 Å². The smallest absolute Gasteiger partial charge is 0.123 e. The van der Waals surface area contributed by atoms with Gasteiger partial charge < -0.3 is 0 Å². The van der Waals surface area contributed by atoms with Crippen molar-refractivity contribution in [1.29, 1.82) is 0 Å². The standard InChI is InChI=1S/C12H6FN2S/c13-9-3-1-8(2-4-9)11-5-10-12(16-11)6-14-7-15-10/h1-5,7H. The number of hydrogen-bond acceptors (Lipinski definition) is 3. The van der Waals surface area contributed by atoms with Gasteiger partial charge in [0.25, 0.3) is 0 Å². The normalized spacial score (nSPS) is 10.8. The van der Waals surface area contributed by atoms with E-state index in [4.69, 9.17) is 0 Å². The first kappa shape index (κ1) is 9.42. The highest BCUT2D eigenvalue weighted by Gasteiger charge is 2.05. The number of aromatic nitrogens is 2. The molecule has 77 valence electrons. The van der Waals surface area contributed by atoms with E-state index in [1.165, 1.54) is 18.5 Å². The third-order valence-corrected chi connectivity index (χ3v) is 3.34. The minimum atomic E-state index is -0.226. The molecule has 1 radical (unpaired) electrons. The fraction of sp³-hybridized carbons (Fsp3) is 0. The fourth-order valence-electron chi connectivity index (χ4n) is 1.49. The first-order chi connectivity index (χ1) is 7.83. The predicted molar refractivity (Wildman–Crippen MR) is 61.6 cm³/mol. The molecule has 4 heteroatoms. The Hall–Kier alpha value is -1.81. The van der Waals surface area contributed by atoms with Crippen molar-refractivity contribution in [3.05, 3.63) is 48.7 Å². The molecule has 2 nitrogen and oxygen atoms in total. The predicted octanol–water partition coefficient (Wildman–Crippen LogP) is 3.30. The van der Waals surface area contributed by atoms with E-state index in [-0.39, 0.29) is 5.82 Å². The van der Waals surface area contributed by atoms with Crippen LogP contribution in [0.4, 0.5) is 4.39 Å². The minimum Gasteiger partial charge on any atom is -0.235 e. The van der Waals surface area contributed by atoms with Gasteiger partial charge in [0.1, 0.15) is 18.3 Å². The molecule has 0 unspecified atom stereocenters. The van der Waals surface area contributed by atoms with Crippen LogP contribution < -0.4 is 0 Å². The number of thiophene rings is 1. The molecule has 16 heavy (non-hydrogen) atoms. The number of rotatable bonds is 1. The van der Waals surface area contributed by atoms with Gasteiger partial charge in [0.15, 0.2) is 0 Å². The summed E-state index contributed by atoms with van der Waals surface area (Å²) in [5.41, 5.74) is 1.86. The first-order valence-electron chi connectivity index (χ1n) is 4.71. The van der Waals surface area contributed by atoms with Crippen molar-refractivity contribution in [1.82, 2.24) is 9.97 Å². The topological polar surface area (TPSA) is 25.8 Å². The molecule has 3 aromatic rings. The Labute approximate surface area is 95.4 Å². The molecule has 0 amide bonds. The summed E-state index contributed by atoms with van der Waals surface area (Å²) in [6, 6.07) is 8.39. The molecule has 0 aliphatic rings. The molecule has 0 atom stereocenters. The van der Waals surface area contributed by atoms with E-state index >= 15 is 0 Å². The van der Waals surface area contributed by atoms with Crippen LogP contribution in [0.25, 0.3) is 20.7 Å². The molecule has 0 aliphatic heterocycles. The van der Waals surface area contributed by atoms with Gasteiger partial charge in [0.2, 0.25) is 0 Å². The Kier molecular flexibility index (Phi) is 2.15. The molecular formula is C12H6FN2S. The van der Waals surface area contributed by atoms with Gasteiger partial charge in [-0.3, -0.25) is 0 Å². The van der Waals surface area contributed by atoms with E-state index in [9.17, 15) is 4.39 Å². The van der Waals surface area contributed by atoms with E-state index in [1.54, 1.807) is 23.5 Å². The fourth-order valence-corrected chi connectivity index (χ4v) is 2.45. The second-order valence-electron chi connectivity index (χ2n) is 3.32. The van der Waals surface area contributed by atoms with Gasteiger partial charge in [0, 0.05) is 4.88 Å². The van der Waals surface area contributed by atoms with Crippen molar-refractivity contribution in [2.24, 2.45) is 0 Å². The van der Waals surface area contributed by atoms with Crippen LogP contribution in [0.5, 0.6) is 0 Å². The van der Waals surface area contributed by atoms with Crippen molar-refractivity contribution in [2.45, 2.75) is 0 Å². The maximum atomic E-state index is 12.8. The van der Waals surface area contributed by atoms with Gasteiger partial charge in [-0.2, -0.15) is 0 Å². The molecule has 0 aliphatic carbocycles. The first-order valence-corrected chi connectivity index (χ1v) is 5.53. The molecule has 0 fully saturated rings. The quantitative estimate of drug-likeness (QED) is 0.639. The summed E-state index contributed by atoms with van der Waals surface area (Å²) in [4.78, 5) is 9.04. The third kappa shape index (κ3) is 1.57. The van der Waals surface area contributed by atoms with Crippen molar-refractivity contribution in [2.75, 3.05) is 0 Å². The zero-order valence-electron chi connectivity index (χ0n) is 8.14. The summed E-state index contributed by atoms with van der Waals surface area (Å²) in [7, 11) is 0. The molecule has 3 rings (SSSR count). The van der Waals surface area contributed by atoms with Crippen molar-refractivity contribution in [3.63, 3.8) is 0 Å². The van der Waals surface area contributed by atoms with Crippen LogP contribution in [0.1, 0.15) is 0 Å². The lowest BCUT2D eigenvalue weighted by atomic mass is 10.2. The van der Waals surface area contributed by atoms with Crippen LogP contribution in [0.15, 0.2) is 36.7 Å². The van der Waals surface area contributed by atoms with Gasteiger partial charge in [-0.25, -0.2) is 14.4 Å². The Morgan fingerprint density at radius 1 is 1.19 bits per heavy atom. The lowest BCUT2D eigenvalue weighted by Gasteiger charge is -1.95. The zero-order chi connectivity index (χ0) is 11.0. The maximum absolute atomic E-state index is 12.8. The van der Waals surface area contributed by atoms with E-state index < -0.39 is 0 Å². The van der Waals surface area contributed by atoms with E-state index in [0.717, 1.165) is 20.7 Å². The molecular weight excluding hydrogens is 223 g/mol. The highest BCUT2D eigenvalue weighted by Crippen LogP contribution is 2.31. The minimum absolute atomic E-state index is 0.226. The molecule has 0 saturated heterocycles. The SMILES string of the molecule is Fc1ccc(-c2cc3ncn[c]c3s2)cc1. The Bertz CT molecular complexity index is 598. The number of hydrogen-bond donors (Lipinski definition) is 0. The molecule has 1 aromatic carbocycles. The maximum Gasteiger partial charge on any atom is 0.123 e. The number of halogens is 1. The monoisotopic (exact) mass is 229 g/mol. The van der Waals surface area contributed by atoms with E-state index in [2.05, 4.69) is 16.2 Å². The van der Waals surface area contributed by atoms with E-state index in [0.29, 0.717) is 0 Å². The van der Waals surface area contributed by atoms with Crippen LogP contribution >= 0.6 is 11.3 Å². The van der Waals surface area contributed by atoms with Crippen molar-refractivity contribution < 1.29 is 4.39 Å². The number of nitrogens with zero attached hydrogens (tertiary/aromatic N) is 2. The van der Waals surface area contributed by atoms with Crippen LogP contribution in [-0.2, 0) is 0 Å². The summed E-state index contributed by atoms with van der Waals surface area (Å²) < 4.78 is 13.7. The van der Waals surface area contributed by atoms with Crippen LogP contribution in [0.2, 0.25) is 0 Å². The van der Waals surface area contributed by atoms with Gasteiger partial charge in [-0.1, -0.05) is 12.1 Å².